The third-order valence-electron chi connectivity index (χ3n) is 2.58. The normalized spacial score (nSPS) is 12.8. The highest BCUT2D eigenvalue weighted by molar-refractivity contribution is 5.86. The van der Waals surface area contributed by atoms with Crippen LogP contribution in [0, 0.1) is 0 Å². The van der Waals surface area contributed by atoms with Crippen LogP contribution in [0.1, 0.15) is 5.69 Å². The Morgan fingerprint density at radius 1 is 1.42 bits per heavy atom. The molecule has 0 aliphatic carbocycles. The zero-order chi connectivity index (χ0) is 13.8. The Morgan fingerprint density at radius 3 is 2.89 bits per heavy atom. The number of halogens is 2. The van der Waals surface area contributed by atoms with Gasteiger partial charge in [0.2, 0.25) is 5.91 Å². The molecule has 0 spiro atoms. The number of fused-ring (bicyclic) bond motifs is 1. The van der Waals surface area contributed by atoms with Crippen LogP contribution in [0.4, 0.5) is 8.78 Å². The first kappa shape index (κ1) is 13.4. The Kier molecular flexibility index (Phi) is 4.06. The van der Waals surface area contributed by atoms with Gasteiger partial charge in [-0.05, 0) is 12.1 Å². The zero-order valence-corrected chi connectivity index (χ0v) is 9.85. The van der Waals surface area contributed by atoms with Crippen LogP contribution in [0.15, 0.2) is 28.8 Å². The molecule has 1 aromatic heterocycles. The van der Waals surface area contributed by atoms with Gasteiger partial charge in [0.25, 0.3) is 6.43 Å². The third-order valence-corrected chi connectivity index (χ3v) is 2.58. The van der Waals surface area contributed by atoms with E-state index in [1.165, 1.54) is 0 Å². The van der Waals surface area contributed by atoms with Crippen LogP contribution < -0.4 is 5.32 Å². The number of aliphatic hydroxyl groups excluding tert-OH is 1. The Balaban J connectivity index is 1.96. The van der Waals surface area contributed by atoms with Gasteiger partial charge < -0.3 is 14.9 Å². The second kappa shape index (κ2) is 5.75. The topological polar surface area (TPSA) is 75.4 Å². The molecular formula is C12H12F2N2O3. The van der Waals surface area contributed by atoms with Gasteiger partial charge in [-0.3, -0.25) is 4.79 Å². The summed E-state index contributed by atoms with van der Waals surface area (Å²) >= 11 is 0. The first-order valence-corrected chi connectivity index (χ1v) is 5.64. The predicted molar refractivity (Wildman–Crippen MR) is 62.7 cm³/mol. The molecule has 1 atom stereocenters. The summed E-state index contributed by atoms with van der Waals surface area (Å²) in [7, 11) is 0. The Labute approximate surface area is 107 Å². The fraction of sp³-hybridized carbons (Fsp3) is 0.333. The van der Waals surface area contributed by atoms with E-state index in [-0.39, 0.29) is 6.42 Å². The molecule has 0 saturated carbocycles. The van der Waals surface area contributed by atoms with Gasteiger partial charge in [-0.1, -0.05) is 17.3 Å². The third kappa shape index (κ3) is 3.25. The minimum atomic E-state index is -2.88. The highest BCUT2D eigenvalue weighted by atomic mass is 19.3. The SMILES string of the molecule is O=C(Cc1noc2ccccc12)NCC(O)C(F)F. The Bertz CT molecular complexity index is 571. The molecule has 2 N–H and O–H groups in total. The Morgan fingerprint density at radius 2 is 2.16 bits per heavy atom. The van der Waals surface area contributed by atoms with Crippen LogP contribution in [0.5, 0.6) is 0 Å². The monoisotopic (exact) mass is 270 g/mol. The Hall–Kier alpha value is -2.02. The van der Waals surface area contributed by atoms with Gasteiger partial charge in [-0.25, -0.2) is 8.78 Å². The number of nitrogens with zero attached hydrogens (tertiary/aromatic N) is 1. The van der Waals surface area contributed by atoms with Gasteiger partial charge in [0.05, 0.1) is 6.42 Å². The number of aliphatic hydroxyl groups is 1. The van der Waals surface area contributed by atoms with E-state index in [1.807, 2.05) is 0 Å². The maximum atomic E-state index is 12.0. The number of alkyl halides is 2. The number of rotatable bonds is 5. The lowest BCUT2D eigenvalue weighted by atomic mass is 10.1. The fourth-order valence-electron chi connectivity index (χ4n) is 1.59. The summed E-state index contributed by atoms with van der Waals surface area (Å²) in [6.45, 7) is -0.494. The van der Waals surface area contributed by atoms with E-state index in [0.29, 0.717) is 16.7 Å². The molecule has 19 heavy (non-hydrogen) atoms. The summed E-state index contributed by atoms with van der Waals surface area (Å²) in [4.78, 5) is 11.5. The maximum absolute atomic E-state index is 12.0. The summed E-state index contributed by atoms with van der Waals surface area (Å²) in [6.07, 6.45) is -4.83. The number of benzene rings is 1. The first-order chi connectivity index (χ1) is 9.08. The lowest BCUT2D eigenvalue weighted by Gasteiger charge is -2.09. The molecule has 0 bridgehead atoms. The summed E-state index contributed by atoms with van der Waals surface area (Å²) in [5.74, 6) is -0.501. The molecule has 2 rings (SSSR count). The first-order valence-electron chi connectivity index (χ1n) is 5.64. The lowest BCUT2D eigenvalue weighted by molar-refractivity contribution is -0.121. The molecule has 0 fully saturated rings. The second-order valence-corrected chi connectivity index (χ2v) is 4.01. The standard InChI is InChI=1S/C12H12F2N2O3/c13-12(14)9(17)6-15-11(18)5-8-7-3-1-2-4-10(7)19-16-8/h1-4,9,12,17H,5-6H2,(H,15,18). The van der Waals surface area contributed by atoms with Crippen LogP contribution in [-0.2, 0) is 11.2 Å². The quantitative estimate of drug-likeness (QED) is 0.853. The van der Waals surface area contributed by atoms with Gasteiger partial charge in [0.15, 0.2) is 5.58 Å². The molecule has 102 valence electrons. The van der Waals surface area contributed by atoms with Crippen LogP contribution in [0.25, 0.3) is 11.0 Å². The van der Waals surface area contributed by atoms with Gasteiger partial charge in [0.1, 0.15) is 11.8 Å². The highest BCUT2D eigenvalue weighted by Gasteiger charge is 2.18. The molecule has 2 aromatic rings. The number of carbonyl (C=O) groups is 1. The lowest BCUT2D eigenvalue weighted by Crippen LogP contribution is -2.36. The molecule has 1 heterocycles. The number of nitrogens with one attached hydrogen (secondary N) is 1. The van der Waals surface area contributed by atoms with Crippen LogP contribution in [-0.4, -0.2) is 35.2 Å². The minimum Gasteiger partial charge on any atom is -0.385 e. The van der Waals surface area contributed by atoms with Crippen molar-refractivity contribution in [3.63, 3.8) is 0 Å². The molecule has 0 aliphatic rings. The maximum Gasteiger partial charge on any atom is 0.265 e. The zero-order valence-electron chi connectivity index (χ0n) is 9.85. The smallest absolute Gasteiger partial charge is 0.265 e. The van der Waals surface area contributed by atoms with Gasteiger partial charge >= 0.3 is 0 Å². The number of para-hydroxylation sites is 1. The average Bonchev–Trinajstić information content (AvgIpc) is 2.79. The van der Waals surface area contributed by atoms with Crippen LogP contribution >= 0.6 is 0 Å². The van der Waals surface area contributed by atoms with Crippen molar-refractivity contribution in [3.8, 4) is 0 Å². The summed E-state index contributed by atoms with van der Waals surface area (Å²) in [5, 5.41) is 15.5. The molecule has 7 heteroatoms. The van der Waals surface area contributed by atoms with E-state index in [9.17, 15) is 13.6 Å². The van der Waals surface area contributed by atoms with E-state index < -0.39 is 25.0 Å². The predicted octanol–water partition coefficient (Wildman–Crippen LogP) is 1.11. The molecule has 0 radical (unpaired) electrons. The van der Waals surface area contributed by atoms with Crippen LogP contribution in [0.2, 0.25) is 0 Å². The average molecular weight is 270 g/mol. The minimum absolute atomic E-state index is 0.0903. The molecule has 1 amide bonds. The highest BCUT2D eigenvalue weighted by Crippen LogP contribution is 2.17. The molecule has 5 nitrogen and oxygen atoms in total. The number of aromatic nitrogens is 1. The van der Waals surface area contributed by atoms with Crippen molar-refractivity contribution in [3.05, 3.63) is 30.0 Å². The molecule has 0 saturated heterocycles. The van der Waals surface area contributed by atoms with Crippen molar-refractivity contribution in [2.45, 2.75) is 19.0 Å². The number of hydrogen-bond acceptors (Lipinski definition) is 4. The summed E-state index contributed by atoms with van der Waals surface area (Å²) in [6, 6.07) is 7.02. The van der Waals surface area contributed by atoms with Crippen LogP contribution in [0.3, 0.4) is 0 Å². The number of amides is 1. The van der Waals surface area contributed by atoms with Crippen molar-refractivity contribution in [2.24, 2.45) is 0 Å². The van der Waals surface area contributed by atoms with Gasteiger partial charge in [0, 0.05) is 11.9 Å². The van der Waals surface area contributed by atoms with Crippen molar-refractivity contribution in [2.75, 3.05) is 6.54 Å². The van der Waals surface area contributed by atoms with E-state index >= 15 is 0 Å². The largest absolute Gasteiger partial charge is 0.385 e. The molecular weight excluding hydrogens is 258 g/mol. The molecule has 1 unspecified atom stereocenters. The fourth-order valence-corrected chi connectivity index (χ4v) is 1.59. The second-order valence-electron chi connectivity index (χ2n) is 4.01. The van der Waals surface area contributed by atoms with Gasteiger partial charge in [-0.15, -0.1) is 0 Å². The summed E-state index contributed by atoms with van der Waals surface area (Å²) in [5.41, 5.74) is 0.984. The van der Waals surface area contributed by atoms with Gasteiger partial charge in [-0.2, -0.15) is 0 Å². The van der Waals surface area contributed by atoms with Crippen molar-refractivity contribution in [1.29, 1.82) is 0 Å². The van der Waals surface area contributed by atoms with E-state index in [0.717, 1.165) is 0 Å². The van der Waals surface area contributed by atoms with E-state index in [2.05, 4.69) is 10.5 Å². The molecule has 0 aliphatic heterocycles. The van der Waals surface area contributed by atoms with Crippen molar-refractivity contribution in [1.82, 2.24) is 10.5 Å². The van der Waals surface area contributed by atoms with Crippen molar-refractivity contribution < 1.29 is 23.2 Å². The number of hydrogen-bond donors (Lipinski definition) is 2. The van der Waals surface area contributed by atoms with Crippen molar-refractivity contribution >= 4 is 16.9 Å². The number of carbonyl (C=O) groups excluding carboxylic acids is 1. The molecule has 1 aromatic carbocycles. The van der Waals surface area contributed by atoms with E-state index in [1.54, 1.807) is 24.3 Å². The summed E-state index contributed by atoms with van der Waals surface area (Å²) < 4.78 is 29.1. The van der Waals surface area contributed by atoms with E-state index in [4.69, 9.17) is 9.63 Å².